The van der Waals surface area contributed by atoms with E-state index in [4.69, 9.17) is 16.3 Å². The van der Waals surface area contributed by atoms with Crippen LogP contribution in [0.15, 0.2) is 42.5 Å². The summed E-state index contributed by atoms with van der Waals surface area (Å²) in [6.45, 7) is 1.90. The number of nitro groups is 1. The van der Waals surface area contributed by atoms with Crippen molar-refractivity contribution >= 4 is 28.9 Å². The van der Waals surface area contributed by atoms with Crippen molar-refractivity contribution in [3.05, 3.63) is 63.4 Å². The zero-order chi connectivity index (χ0) is 19.4. The number of carbonyl (C=O) groups is 1. The Hall–Kier alpha value is -2.87. The maximum atomic E-state index is 13.0. The Labute approximate surface area is 160 Å². The summed E-state index contributed by atoms with van der Waals surface area (Å²) in [7, 11) is 0. The number of anilines is 1. The Balaban J connectivity index is 1.54. The Bertz CT molecular complexity index is 839. The lowest BCUT2D eigenvalue weighted by atomic mass is 10.2. The van der Waals surface area contributed by atoms with Crippen LogP contribution in [0, 0.1) is 15.9 Å². The first-order valence-corrected chi connectivity index (χ1v) is 8.67. The summed E-state index contributed by atoms with van der Waals surface area (Å²) in [4.78, 5) is 26.5. The molecule has 1 aliphatic rings. The van der Waals surface area contributed by atoms with Crippen LogP contribution in [-0.4, -0.2) is 48.5 Å². The molecule has 2 aromatic rings. The molecule has 1 saturated heterocycles. The average molecular weight is 394 g/mol. The molecule has 0 N–H and O–H groups in total. The lowest BCUT2D eigenvalue weighted by molar-refractivity contribution is -0.385. The molecule has 3 rings (SSSR count). The van der Waals surface area contributed by atoms with Crippen LogP contribution in [0.5, 0.6) is 5.75 Å². The van der Waals surface area contributed by atoms with Crippen molar-refractivity contribution in [3.8, 4) is 5.75 Å². The first-order valence-electron chi connectivity index (χ1n) is 8.29. The monoisotopic (exact) mass is 393 g/mol. The van der Waals surface area contributed by atoms with Gasteiger partial charge in [0.2, 0.25) is 0 Å². The highest BCUT2D eigenvalue weighted by molar-refractivity contribution is 6.30. The maximum absolute atomic E-state index is 13.0. The number of benzene rings is 2. The number of nitrogens with zero attached hydrogens (tertiary/aromatic N) is 3. The molecule has 7 nitrogen and oxygen atoms in total. The van der Waals surface area contributed by atoms with Crippen LogP contribution in [0.4, 0.5) is 15.8 Å². The van der Waals surface area contributed by atoms with Crippen molar-refractivity contribution in [1.29, 1.82) is 0 Å². The van der Waals surface area contributed by atoms with Crippen molar-refractivity contribution in [1.82, 2.24) is 4.90 Å². The molecule has 2 aromatic carbocycles. The van der Waals surface area contributed by atoms with Gasteiger partial charge in [0.15, 0.2) is 12.4 Å². The lowest BCUT2D eigenvalue weighted by Gasteiger charge is -2.36. The van der Waals surface area contributed by atoms with Gasteiger partial charge in [-0.2, -0.15) is 0 Å². The number of halogens is 2. The number of rotatable bonds is 5. The third-order valence-electron chi connectivity index (χ3n) is 4.29. The predicted octanol–water partition coefficient (Wildman–Crippen LogP) is 3.11. The molecule has 9 heteroatoms. The highest BCUT2D eigenvalue weighted by Gasteiger charge is 2.23. The summed E-state index contributed by atoms with van der Waals surface area (Å²) in [6, 6.07) is 10.2. The van der Waals surface area contributed by atoms with E-state index in [1.54, 1.807) is 17.0 Å². The first-order chi connectivity index (χ1) is 12.9. The summed E-state index contributed by atoms with van der Waals surface area (Å²) in [5, 5.41) is 11.3. The average Bonchev–Trinajstić information content (AvgIpc) is 2.67. The first kappa shape index (κ1) is 18.9. The number of piperazine rings is 1. The summed E-state index contributed by atoms with van der Waals surface area (Å²) in [5.74, 6) is -0.540. The molecule has 0 bridgehead atoms. The van der Waals surface area contributed by atoms with E-state index >= 15 is 0 Å². The molecule has 1 fully saturated rings. The van der Waals surface area contributed by atoms with Crippen LogP contribution in [0.1, 0.15) is 0 Å². The minimum absolute atomic E-state index is 0.00250. The molecule has 1 heterocycles. The van der Waals surface area contributed by atoms with Gasteiger partial charge in [0, 0.05) is 43.0 Å². The number of ether oxygens (including phenoxy) is 1. The molecule has 0 unspecified atom stereocenters. The van der Waals surface area contributed by atoms with Crippen LogP contribution in [0.2, 0.25) is 5.02 Å². The minimum atomic E-state index is -0.604. The number of hydrogen-bond donors (Lipinski definition) is 0. The quantitative estimate of drug-likeness (QED) is 0.576. The van der Waals surface area contributed by atoms with E-state index in [1.807, 2.05) is 0 Å². The molecule has 0 saturated carbocycles. The van der Waals surface area contributed by atoms with Gasteiger partial charge in [0.25, 0.3) is 5.91 Å². The Morgan fingerprint density at radius 1 is 1.15 bits per heavy atom. The molecular weight excluding hydrogens is 377 g/mol. The van der Waals surface area contributed by atoms with Gasteiger partial charge in [0.05, 0.1) is 4.92 Å². The van der Waals surface area contributed by atoms with Crippen LogP contribution < -0.4 is 9.64 Å². The van der Waals surface area contributed by atoms with Crippen molar-refractivity contribution < 1.29 is 18.8 Å². The Kier molecular flexibility index (Phi) is 5.75. The standard InChI is InChI=1S/C18H17ClFN3O4/c19-13-1-6-17(16(11-13)23(25)26)27-12-18(24)22-9-7-21(8-10-22)15-4-2-14(20)3-5-15/h1-6,11H,7-10,12H2. The predicted molar refractivity (Wildman–Crippen MR) is 98.8 cm³/mol. The van der Waals surface area contributed by atoms with E-state index in [0.29, 0.717) is 26.2 Å². The molecular formula is C18H17ClFN3O4. The van der Waals surface area contributed by atoms with Gasteiger partial charge < -0.3 is 14.5 Å². The van der Waals surface area contributed by atoms with Crippen LogP contribution in [0.25, 0.3) is 0 Å². The number of carbonyl (C=O) groups excluding carboxylic acids is 1. The summed E-state index contributed by atoms with van der Waals surface area (Å²) < 4.78 is 18.4. The molecule has 0 atom stereocenters. The molecule has 0 radical (unpaired) electrons. The molecule has 0 aromatic heterocycles. The smallest absolute Gasteiger partial charge is 0.312 e. The second-order valence-corrected chi connectivity index (χ2v) is 6.44. The van der Waals surface area contributed by atoms with E-state index < -0.39 is 4.92 Å². The normalized spacial score (nSPS) is 14.1. The fourth-order valence-electron chi connectivity index (χ4n) is 2.85. The zero-order valence-corrected chi connectivity index (χ0v) is 15.1. The Morgan fingerprint density at radius 3 is 2.44 bits per heavy atom. The number of nitro benzene ring substituents is 1. The van der Waals surface area contributed by atoms with Crippen LogP contribution in [-0.2, 0) is 4.79 Å². The van der Waals surface area contributed by atoms with Gasteiger partial charge in [-0.05, 0) is 36.4 Å². The van der Waals surface area contributed by atoms with E-state index in [-0.39, 0.29) is 34.8 Å². The highest BCUT2D eigenvalue weighted by atomic mass is 35.5. The molecule has 27 heavy (non-hydrogen) atoms. The fourth-order valence-corrected chi connectivity index (χ4v) is 3.02. The fraction of sp³-hybridized carbons (Fsp3) is 0.278. The Morgan fingerprint density at radius 2 is 1.81 bits per heavy atom. The summed E-state index contributed by atoms with van der Waals surface area (Å²) in [5.41, 5.74) is 0.618. The van der Waals surface area contributed by atoms with E-state index in [2.05, 4.69) is 4.90 Å². The molecule has 1 aliphatic heterocycles. The number of amides is 1. The van der Waals surface area contributed by atoms with Crippen molar-refractivity contribution in [3.63, 3.8) is 0 Å². The molecule has 142 valence electrons. The highest BCUT2D eigenvalue weighted by Crippen LogP contribution is 2.29. The molecule has 1 amide bonds. The van der Waals surface area contributed by atoms with Crippen LogP contribution in [0.3, 0.4) is 0 Å². The van der Waals surface area contributed by atoms with Gasteiger partial charge in [0.1, 0.15) is 5.82 Å². The largest absolute Gasteiger partial charge is 0.477 e. The van der Waals surface area contributed by atoms with E-state index in [0.717, 1.165) is 5.69 Å². The van der Waals surface area contributed by atoms with Gasteiger partial charge >= 0.3 is 5.69 Å². The third kappa shape index (κ3) is 4.65. The SMILES string of the molecule is O=C(COc1ccc(Cl)cc1[N+](=O)[O-])N1CCN(c2ccc(F)cc2)CC1. The topological polar surface area (TPSA) is 75.9 Å². The van der Waals surface area contributed by atoms with Crippen molar-refractivity contribution in [2.45, 2.75) is 0 Å². The second kappa shape index (κ2) is 8.22. The van der Waals surface area contributed by atoms with Gasteiger partial charge in [-0.3, -0.25) is 14.9 Å². The lowest BCUT2D eigenvalue weighted by Crippen LogP contribution is -2.50. The minimum Gasteiger partial charge on any atom is -0.477 e. The summed E-state index contributed by atoms with van der Waals surface area (Å²) in [6.07, 6.45) is 0. The third-order valence-corrected chi connectivity index (χ3v) is 4.53. The van der Waals surface area contributed by atoms with Gasteiger partial charge in [-0.1, -0.05) is 11.6 Å². The van der Waals surface area contributed by atoms with Crippen molar-refractivity contribution in [2.24, 2.45) is 0 Å². The van der Waals surface area contributed by atoms with Crippen LogP contribution >= 0.6 is 11.6 Å². The molecule has 0 aliphatic carbocycles. The zero-order valence-electron chi connectivity index (χ0n) is 14.3. The molecule has 0 spiro atoms. The summed E-state index contributed by atoms with van der Waals surface area (Å²) >= 11 is 5.76. The second-order valence-electron chi connectivity index (χ2n) is 6.00. The van der Waals surface area contributed by atoms with E-state index in [9.17, 15) is 19.3 Å². The van der Waals surface area contributed by atoms with Gasteiger partial charge in [-0.15, -0.1) is 0 Å². The van der Waals surface area contributed by atoms with E-state index in [1.165, 1.54) is 30.3 Å². The van der Waals surface area contributed by atoms with Crippen molar-refractivity contribution in [2.75, 3.05) is 37.7 Å². The maximum Gasteiger partial charge on any atom is 0.312 e. The van der Waals surface area contributed by atoms with Gasteiger partial charge in [-0.25, -0.2) is 4.39 Å². The number of hydrogen-bond acceptors (Lipinski definition) is 5.